The van der Waals surface area contributed by atoms with Gasteiger partial charge in [-0.1, -0.05) is 6.07 Å². The number of rotatable bonds is 3. The maximum atomic E-state index is 13.8. The first-order valence-corrected chi connectivity index (χ1v) is 5.57. The zero-order valence-corrected chi connectivity index (χ0v) is 10.4. The smallest absolute Gasteiger partial charge is 0.276 e. The number of nitrogens with zero attached hydrogens (tertiary/aromatic N) is 2. The summed E-state index contributed by atoms with van der Waals surface area (Å²) in [5, 5.41) is 2.13. The SMILES string of the molecule is Cc1ccc(F)c(NC(=O)c2cncc(NN)n2)c1F. The zero-order valence-electron chi connectivity index (χ0n) is 10.4. The molecule has 1 aromatic heterocycles. The van der Waals surface area contributed by atoms with E-state index in [9.17, 15) is 13.6 Å². The molecule has 0 fully saturated rings. The van der Waals surface area contributed by atoms with Gasteiger partial charge in [-0.2, -0.15) is 0 Å². The minimum Gasteiger partial charge on any atom is -0.316 e. The summed E-state index contributed by atoms with van der Waals surface area (Å²) in [6.45, 7) is 1.46. The van der Waals surface area contributed by atoms with Gasteiger partial charge in [0.05, 0.1) is 12.4 Å². The van der Waals surface area contributed by atoms with Gasteiger partial charge < -0.3 is 10.7 Å². The summed E-state index contributed by atoms with van der Waals surface area (Å²) in [5.74, 6) is 2.79. The number of benzene rings is 1. The van der Waals surface area contributed by atoms with Crippen LogP contribution >= 0.6 is 0 Å². The topological polar surface area (TPSA) is 92.9 Å². The van der Waals surface area contributed by atoms with E-state index >= 15 is 0 Å². The molecule has 1 amide bonds. The van der Waals surface area contributed by atoms with E-state index in [2.05, 4.69) is 20.7 Å². The second kappa shape index (κ2) is 5.57. The van der Waals surface area contributed by atoms with Crippen molar-refractivity contribution in [1.29, 1.82) is 0 Å². The van der Waals surface area contributed by atoms with Gasteiger partial charge in [-0.25, -0.2) is 19.6 Å². The van der Waals surface area contributed by atoms with Crippen LogP contribution in [-0.2, 0) is 0 Å². The van der Waals surface area contributed by atoms with Crippen LogP contribution in [0.3, 0.4) is 0 Å². The van der Waals surface area contributed by atoms with Gasteiger partial charge in [0, 0.05) is 0 Å². The van der Waals surface area contributed by atoms with Crippen molar-refractivity contribution < 1.29 is 13.6 Å². The number of aryl methyl sites for hydroxylation is 1. The summed E-state index contributed by atoms with van der Waals surface area (Å²) in [6, 6.07) is 2.34. The third-order valence-electron chi connectivity index (χ3n) is 2.54. The molecule has 8 heteroatoms. The van der Waals surface area contributed by atoms with Crippen molar-refractivity contribution in [2.24, 2.45) is 5.84 Å². The Morgan fingerprint density at radius 3 is 2.75 bits per heavy atom. The number of carbonyl (C=O) groups is 1. The van der Waals surface area contributed by atoms with E-state index in [4.69, 9.17) is 5.84 Å². The standard InChI is InChI=1S/C12H11F2N5O/c1-6-2-3-7(13)11(10(6)14)18-12(20)8-4-16-5-9(17-8)19-15/h2-5H,15H2,1H3,(H,17,19)(H,18,20). The fraction of sp³-hybridized carbons (Fsp3) is 0.0833. The van der Waals surface area contributed by atoms with E-state index < -0.39 is 23.2 Å². The Labute approximate surface area is 113 Å². The third kappa shape index (κ3) is 2.69. The molecule has 20 heavy (non-hydrogen) atoms. The van der Waals surface area contributed by atoms with Gasteiger partial charge in [0.1, 0.15) is 17.2 Å². The maximum absolute atomic E-state index is 13.8. The average Bonchev–Trinajstić information content (AvgIpc) is 2.47. The van der Waals surface area contributed by atoms with Crippen molar-refractivity contribution in [2.45, 2.75) is 6.92 Å². The molecule has 2 rings (SSSR count). The van der Waals surface area contributed by atoms with Crippen molar-refractivity contribution in [3.8, 4) is 0 Å². The fourth-order valence-corrected chi connectivity index (χ4v) is 1.49. The van der Waals surface area contributed by atoms with Gasteiger partial charge in [-0.15, -0.1) is 0 Å². The number of carbonyl (C=O) groups excluding carboxylic acids is 1. The van der Waals surface area contributed by atoms with Gasteiger partial charge in [-0.3, -0.25) is 9.78 Å². The Kier molecular flexibility index (Phi) is 3.85. The number of nitrogen functional groups attached to an aromatic ring is 1. The number of amides is 1. The second-order valence-electron chi connectivity index (χ2n) is 3.94. The van der Waals surface area contributed by atoms with Crippen LogP contribution in [0.4, 0.5) is 20.3 Å². The average molecular weight is 279 g/mol. The molecule has 0 saturated heterocycles. The van der Waals surface area contributed by atoms with Crippen LogP contribution in [0.25, 0.3) is 0 Å². The number of halogens is 2. The number of hydrogen-bond acceptors (Lipinski definition) is 5. The molecule has 6 nitrogen and oxygen atoms in total. The van der Waals surface area contributed by atoms with E-state index in [1.165, 1.54) is 19.2 Å². The van der Waals surface area contributed by atoms with Crippen molar-refractivity contribution in [3.05, 3.63) is 47.4 Å². The quantitative estimate of drug-likeness (QED) is 0.586. The summed E-state index contributed by atoms with van der Waals surface area (Å²) in [6.07, 6.45) is 2.45. The molecule has 0 aliphatic carbocycles. The number of nitrogens with one attached hydrogen (secondary N) is 2. The number of hydrazine groups is 1. The molecule has 1 heterocycles. The van der Waals surface area contributed by atoms with E-state index in [-0.39, 0.29) is 17.1 Å². The highest BCUT2D eigenvalue weighted by atomic mass is 19.1. The third-order valence-corrected chi connectivity index (χ3v) is 2.54. The second-order valence-corrected chi connectivity index (χ2v) is 3.94. The lowest BCUT2D eigenvalue weighted by atomic mass is 10.2. The first-order chi connectivity index (χ1) is 9.52. The van der Waals surface area contributed by atoms with E-state index in [0.29, 0.717) is 0 Å². The number of hydrogen-bond donors (Lipinski definition) is 3. The minimum atomic E-state index is -0.873. The molecule has 0 radical (unpaired) electrons. The van der Waals surface area contributed by atoms with Crippen molar-refractivity contribution in [2.75, 3.05) is 10.7 Å². The molecule has 0 unspecified atom stereocenters. The van der Waals surface area contributed by atoms with Gasteiger partial charge >= 0.3 is 0 Å². The molecule has 0 bridgehead atoms. The molecule has 0 aliphatic rings. The molecule has 0 atom stereocenters. The van der Waals surface area contributed by atoms with Crippen LogP contribution in [0.5, 0.6) is 0 Å². The lowest BCUT2D eigenvalue weighted by Crippen LogP contribution is -2.18. The Hall–Kier alpha value is -2.61. The Morgan fingerprint density at radius 2 is 2.05 bits per heavy atom. The van der Waals surface area contributed by atoms with E-state index in [1.54, 1.807) is 0 Å². The van der Waals surface area contributed by atoms with Gasteiger partial charge in [0.15, 0.2) is 11.6 Å². The summed E-state index contributed by atoms with van der Waals surface area (Å²) in [5.41, 5.74) is 1.78. The van der Waals surface area contributed by atoms with Crippen LogP contribution in [0.2, 0.25) is 0 Å². The van der Waals surface area contributed by atoms with Gasteiger partial charge in [-0.05, 0) is 18.6 Å². The van der Waals surface area contributed by atoms with Gasteiger partial charge in [0.25, 0.3) is 5.91 Å². The maximum Gasteiger partial charge on any atom is 0.276 e. The summed E-state index contributed by atoms with van der Waals surface area (Å²) in [7, 11) is 0. The first-order valence-electron chi connectivity index (χ1n) is 5.57. The predicted octanol–water partition coefficient (Wildman–Crippen LogP) is 1.60. The lowest BCUT2D eigenvalue weighted by Gasteiger charge is -2.09. The molecule has 2 aromatic rings. The van der Waals surface area contributed by atoms with Gasteiger partial charge in [0.2, 0.25) is 0 Å². The highest BCUT2D eigenvalue weighted by Crippen LogP contribution is 2.22. The van der Waals surface area contributed by atoms with E-state index in [0.717, 1.165) is 12.3 Å². The number of anilines is 2. The molecular weight excluding hydrogens is 268 g/mol. The molecule has 104 valence electrons. The molecule has 1 aromatic carbocycles. The van der Waals surface area contributed by atoms with Crippen molar-refractivity contribution in [1.82, 2.24) is 9.97 Å². The largest absolute Gasteiger partial charge is 0.316 e. The molecule has 4 N–H and O–H groups in total. The summed E-state index contributed by atoms with van der Waals surface area (Å²) in [4.78, 5) is 19.4. The van der Waals surface area contributed by atoms with Crippen molar-refractivity contribution in [3.63, 3.8) is 0 Å². The summed E-state index contributed by atoms with van der Waals surface area (Å²) >= 11 is 0. The normalized spacial score (nSPS) is 10.2. The molecule has 0 spiro atoms. The lowest BCUT2D eigenvalue weighted by molar-refractivity contribution is 0.102. The van der Waals surface area contributed by atoms with Crippen molar-refractivity contribution >= 4 is 17.4 Å². The minimum absolute atomic E-state index is 0.124. The Morgan fingerprint density at radius 1 is 1.30 bits per heavy atom. The number of nitrogens with two attached hydrogens (primary N) is 1. The van der Waals surface area contributed by atoms with E-state index in [1.807, 2.05) is 0 Å². The Balaban J connectivity index is 2.30. The highest BCUT2D eigenvalue weighted by molar-refractivity contribution is 6.03. The van der Waals surface area contributed by atoms with Crippen LogP contribution in [0.1, 0.15) is 16.1 Å². The van der Waals surface area contributed by atoms with Crippen LogP contribution in [-0.4, -0.2) is 15.9 Å². The fourth-order valence-electron chi connectivity index (χ4n) is 1.49. The monoisotopic (exact) mass is 279 g/mol. The number of aromatic nitrogens is 2. The molecular formula is C12H11F2N5O. The van der Waals surface area contributed by atoms with Crippen LogP contribution < -0.4 is 16.6 Å². The Bertz CT molecular complexity index is 662. The summed E-state index contributed by atoms with van der Waals surface area (Å²) < 4.78 is 27.3. The predicted molar refractivity (Wildman–Crippen MR) is 68.9 cm³/mol. The van der Waals surface area contributed by atoms with Crippen LogP contribution in [0, 0.1) is 18.6 Å². The molecule has 0 saturated carbocycles. The first kappa shape index (κ1) is 13.8. The van der Waals surface area contributed by atoms with Crippen LogP contribution in [0.15, 0.2) is 24.5 Å². The zero-order chi connectivity index (χ0) is 14.7. The molecule has 0 aliphatic heterocycles. The highest BCUT2D eigenvalue weighted by Gasteiger charge is 2.16.